The Morgan fingerprint density at radius 1 is 1.50 bits per heavy atom. The van der Waals surface area contributed by atoms with Crippen LogP contribution in [0.1, 0.15) is 26.2 Å². The Morgan fingerprint density at radius 2 is 2.19 bits per heavy atom. The Hall–Kier alpha value is -1.21. The topological polar surface area (TPSA) is 41.6 Å². The molecule has 0 unspecified atom stereocenters. The molecule has 1 aliphatic rings. The lowest BCUT2D eigenvalue weighted by Gasteiger charge is -2.31. The van der Waals surface area contributed by atoms with E-state index in [1.165, 1.54) is 19.3 Å². The summed E-state index contributed by atoms with van der Waals surface area (Å²) in [6.45, 7) is 4.69. The van der Waals surface area contributed by atoms with Gasteiger partial charge in [0.1, 0.15) is 0 Å². The highest BCUT2D eigenvalue weighted by atomic mass is 16.5. The van der Waals surface area contributed by atoms with Gasteiger partial charge >= 0.3 is 6.09 Å². The van der Waals surface area contributed by atoms with Crippen molar-refractivity contribution in [3.05, 3.63) is 0 Å². The van der Waals surface area contributed by atoms with E-state index in [0.717, 1.165) is 13.1 Å². The minimum Gasteiger partial charge on any atom is -0.450 e. The normalized spacial score (nSPS) is 18.5. The van der Waals surface area contributed by atoms with Crippen molar-refractivity contribution in [2.75, 3.05) is 26.2 Å². The summed E-state index contributed by atoms with van der Waals surface area (Å²) in [4.78, 5) is 13.4. The summed E-state index contributed by atoms with van der Waals surface area (Å²) >= 11 is 0. The van der Waals surface area contributed by atoms with Gasteiger partial charge in [-0.15, -0.1) is 6.42 Å². The molecule has 0 aromatic rings. The number of carbonyl (C=O) groups excluding carboxylic acids is 1. The van der Waals surface area contributed by atoms with E-state index < -0.39 is 0 Å². The van der Waals surface area contributed by atoms with Crippen molar-refractivity contribution >= 4 is 6.09 Å². The van der Waals surface area contributed by atoms with Gasteiger partial charge in [-0.1, -0.05) is 12.3 Å². The molecule has 0 radical (unpaired) electrons. The number of alkyl carbamates (subject to hydrolysis) is 1. The highest BCUT2D eigenvalue weighted by Gasteiger charge is 2.19. The zero-order valence-corrected chi connectivity index (χ0v) is 9.87. The zero-order valence-electron chi connectivity index (χ0n) is 9.87. The Balaban J connectivity index is 2.31. The predicted molar refractivity (Wildman–Crippen MR) is 63.1 cm³/mol. The summed E-state index contributed by atoms with van der Waals surface area (Å²) in [7, 11) is 0. The minimum absolute atomic E-state index is 0.00953. The maximum Gasteiger partial charge on any atom is 0.407 e. The number of hydrogen-bond acceptors (Lipinski definition) is 3. The highest BCUT2D eigenvalue weighted by Crippen LogP contribution is 2.11. The lowest BCUT2D eigenvalue weighted by Crippen LogP contribution is -2.45. The Kier molecular flexibility index (Phi) is 5.73. The van der Waals surface area contributed by atoms with Crippen molar-refractivity contribution in [2.45, 2.75) is 32.2 Å². The lowest BCUT2D eigenvalue weighted by atomic mass is 10.1. The van der Waals surface area contributed by atoms with E-state index in [9.17, 15) is 4.79 Å². The molecule has 1 N–H and O–H groups in total. The van der Waals surface area contributed by atoms with Gasteiger partial charge in [0.15, 0.2) is 0 Å². The molecule has 90 valence electrons. The van der Waals surface area contributed by atoms with Gasteiger partial charge in [-0.2, -0.15) is 0 Å². The highest BCUT2D eigenvalue weighted by molar-refractivity contribution is 5.67. The second-order valence-corrected chi connectivity index (χ2v) is 3.88. The molecule has 0 saturated carbocycles. The van der Waals surface area contributed by atoms with Gasteiger partial charge in [-0.05, 0) is 32.9 Å². The minimum atomic E-state index is -0.389. The number of hydrogen-bond donors (Lipinski definition) is 1. The third kappa shape index (κ3) is 4.11. The first-order valence-corrected chi connectivity index (χ1v) is 5.88. The Labute approximate surface area is 97.3 Å². The van der Waals surface area contributed by atoms with Gasteiger partial charge in [0.25, 0.3) is 0 Å². The molecule has 0 aliphatic carbocycles. The summed E-state index contributed by atoms with van der Waals surface area (Å²) in [5.41, 5.74) is 0. The van der Waals surface area contributed by atoms with Gasteiger partial charge in [0.05, 0.1) is 12.6 Å². The number of carbonyl (C=O) groups is 1. The quantitative estimate of drug-likeness (QED) is 0.730. The van der Waals surface area contributed by atoms with Crippen LogP contribution in [0.25, 0.3) is 0 Å². The molecule has 0 aromatic carbocycles. The first kappa shape index (κ1) is 12.9. The number of likely N-dealkylation sites (tertiary alicyclic amines) is 1. The molecular formula is C12H20N2O2. The first-order valence-electron chi connectivity index (χ1n) is 5.88. The monoisotopic (exact) mass is 224 g/mol. The number of terminal acetylenes is 1. The van der Waals surface area contributed by atoms with Crippen molar-refractivity contribution in [2.24, 2.45) is 0 Å². The van der Waals surface area contributed by atoms with Crippen LogP contribution in [0.15, 0.2) is 0 Å². The molecule has 4 nitrogen and oxygen atoms in total. The van der Waals surface area contributed by atoms with E-state index in [-0.39, 0.29) is 12.1 Å². The molecule has 1 atom stereocenters. The van der Waals surface area contributed by atoms with Gasteiger partial charge in [0, 0.05) is 6.54 Å². The molecule has 1 amide bonds. The van der Waals surface area contributed by atoms with Crippen molar-refractivity contribution in [1.82, 2.24) is 10.2 Å². The van der Waals surface area contributed by atoms with Gasteiger partial charge in [0.2, 0.25) is 0 Å². The van der Waals surface area contributed by atoms with Crippen LogP contribution in [-0.4, -0.2) is 43.3 Å². The van der Waals surface area contributed by atoms with Crippen LogP contribution in [0.4, 0.5) is 4.79 Å². The van der Waals surface area contributed by atoms with E-state index in [0.29, 0.717) is 13.2 Å². The zero-order chi connectivity index (χ0) is 11.8. The molecule has 0 bridgehead atoms. The van der Waals surface area contributed by atoms with Crippen molar-refractivity contribution < 1.29 is 9.53 Å². The molecule has 1 aliphatic heterocycles. The number of rotatable bonds is 4. The second-order valence-electron chi connectivity index (χ2n) is 3.88. The van der Waals surface area contributed by atoms with Crippen molar-refractivity contribution in [1.29, 1.82) is 0 Å². The Bertz CT molecular complexity index is 254. The van der Waals surface area contributed by atoms with E-state index in [1.807, 2.05) is 0 Å². The molecule has 1 heterocycles. The standard InChI is InChI=1S/C12H20N2O2/c1-3-11(10-13-12(15)16-4-2)14-8-6-5-7-9-14/h1,11H,4-10H2,2H3,(H,13,15)/t11-/m0/s1. The number of amides is 1. The smallest absolute Gasteiger partial charge is 0.407 e. The van der Waals surface area contributed by atoms with Crippen molar-refractivity contribution in [3.63, 3.8) is 0 Å². The fourth-order valence-corrected chi connectivity index (χ4v) is 1.89. The van der Waals surface area contributed by atoms with E-state index in [2.05, 4.69) is 16.1 Å². The molecule has 0 aromatic heterocycles. The van der Waals surface area contributed by atoms with Crippen LogP contribution < -0.4 is 5.32 Å². The third-order valence-corrected chi connectivity index (χ3v) is 2.74. The molecular weight excluding hydrogens is 204 g/mol. The maximum absolute atomic E-state index is 11.1. The van der Waals surface area contributed by atoms with Gasteiger partial charge in [-0.25, -0.2) is 4.79 Å². The molecule has 1 saturated heterocycles. The third-order valence-electron chi connectivity index (χ3n) is 2.74. The molecule has 0 spiro atoms. The average Bonchev–Trinajstić information content (AvgIpc) is 2.31. The van der Waals surface area contributed by atoms with Gasteiger partial charge in [-0.3, -0.25) is 4.90 Å². The van der Waals surface area contributed by atoms with E-state index >= 15 is 0 Å². The molecule has 4 heteroatoms. The summed E-state index contributed by atoms with van der Waals surface area (Å²) in [6.07, 6.45) is 8.75. The Morgan fingerprint density at radius 3 is 2.75 bits per heavy atom. The van der Waals surface area contributed by atoms with Crippen LogP contribution >= 0.6 is 0 Å². The van der Waals surface area contributed by atoms with Gasteiger partial charge < -0.3 is 10.1 Å². The first-order chi connectivity index (χ1) is 7.77. The number of ether oxygens (including phenoxy) is 1. The number of nitrogens with one attached hydrogen (secondary N) is 1. The fraction of sp³-hybridized carbons (Fsp3) is 0.750. The van der Waals surface area contributed by atoms with Crippen LogP contribution in [-0.2, 0) is 4.74 Å². The van der Waals surface area contributed by atoms with Crippen molar-refractivity contribution in [3.8, 4) is 12.3 Å². The summed E-state index contributed by atoms with van der Waals surface area (Å²) in [5, 5.41) is 2.69. The fourth-order valence-electron chi connectivity index (χ4n) is 1.89. The van der Waals surface area contributed by atoms with Crippen LogP contribution in [0.3, 0.4) is 0 Å². The maximum atomic E-state index is 11.1. The van der Waals surface area contributed by atoms with E-state index in [4.69, 9.17) is 11.2 Å². The summed E-state index contributed by atoms with van der Waals surface area (Å²) in [6, 6.07) is -0.00953. The van der Waals surface area contributed by atoms with E-state index in [1.54, 1.807) is 6.92 Å². The van der Waals surface area contributed by atoms with Crippen LogP contribution in [0.2, 0.25) is 0 Å². The molecule has 1 fully saturated rings. The predicted octanol–water partition coefficient (Wildman–Crippen LogP) is 1.22. The summed E-state index contributed by atoms with van der Waals surface area (Å²) < 4.78 is 4.79. The lowest BCUT2D eigenvalue weighted by molar-refractivity contribution is 0.144. The largest absolute Gasteiger partial charge is 0.450 e. The molecule has 1 rings (SSSR count). The molecule has 16 heavy (non-hydrogen) atoms. The SMILES string of the molecule is C#C[C@@H](CNC(=O)OCC)N1CCCCC1. The van der Waals surface area contributed by atoms with Crippen LogP contribution in [0.5, 0.6) is 0 Å². The number of nitrogens with zero attached hydrogens (tertiary/aromatic N) is 1. The summed E-state index contributed by atoms with van der Waals surface area (Å²) in [5.74, 6) is 2.72. The average molecular weight is 224 g/mol. The van der Waals surface area contributed by atoms with Crippen LogP contribution in [0, 0.1) is 12.3 Å². The second kappa shape index (κ2) is 7.13. The number of piperidine rings is 1.